The van der Waals surface area contributed by atoms with Crippen LogP contribution in [0.4, 0.5) is 0 Å². The zero-order valence-electron chi connectivity index (χ0n) is 12.5. The molecule has 3 aromatic rings. The summed E-state index contributed by atoms with van der Waals surface area (Å²) in [6.07, 6.45) is 0. The van der Waals surface area contributed by atoms with Crippen molar-refractivity contribution in [3.8, 4) is 11.1 Å². The summed E-state index contributed by atoms with van der Waals surface area (Å²) in [5.74, 6) is -0.883. The van der Waals surface area contributed by atoms with E-state index in [4.69, 9.17) is 0 Å². The minimum atomic E-state index is -0.883. The summed E-state index contributed by atoms with van der Waals surface area (Å²) in [6.45, 7) is 0. The van der Waals surface area contributed by atoms with E-state index in [9.17, 15) is 9.90 Å². The zero-order valence-corrected chi connectivity index (χ0v) is 14.2. The molecule has 0 saturated heterocycles. The van der Waals surface area contributed by atoms with E-state index in [1.807, 2.05) is 36.4 Å². The first-order valence-corrected chi connectivity index (χ1v) is 9.41. The fourth-order valence-corrected chi connectivity index (χ4v) is 4.60. The average molecular weight is 367 g/mol. The fourth-order valence-electron chi connectivity index (χ4n) is 2.45. The molecule has 3 aromatic carbocycles. The second-order valence-corrected chi connectivity index (χ2v) is 7.26. The van der Waals surface area contributed by atoms with Gasteiger partial charge in [-0.3, -0.25) is 0 Å². The van der Waals surface area contributed by atoms with Gasteiger partial charge in [-0.15, -0.1) is 0 Å². The summed E-state index contributed by atoms with van der Waals surface area (Å²) in [5.41, 5.74) is 3.50. The molecule has 0 aliphatic heterocycles. The monoisotopic (exact) mass is 368 g/mol. The Balaban J connectivity index is 1.94. The van der Waals surface area contributed by atoms with Crippen LogP contribution in [-0.2, 0) is 5.32 Å². The second kappa shape index (κ2) is 7.28. The van der Waals surface area contributed by atoms with Gasteiger partial charge in [0.2, 0.25) is 0 Å². The summed E-state index contributed by atoms with van der Waals surface area (Å²) in [7, 11) is 0. The molecule has 0 fully saturated rings. The molecule has 0 bridgehead atoms. The van der Waals surface area contributed by atoms with Crippen molar-refractivity contribution in [1.29, 1.82) is 0 Å². The molecule has 0 unspecified atom stereocenters. The van der Waals surface area contributed by atoms with Gasteiger partial charge in [0.1, 0.15) is 0 Å². The molecule has 1 N–H and O–H groups in total. The fraction of sp³-hybridized carbons (Fsp3) is 0.0500. The Hall–Kier alpha value is -2.35. The molecule has 0 aromatic heterocycles. The first-order chi connectivity index (χ1) is 11.3. The first kappa shape index (κ1) is 15.5. The quantitative estimate of drug-likeness (QED) is 0.700. The Morgan fingerprint density at radius 1 is 0.783 bits per heavy atom. The molecule has 0 amide bonds. The molecule has 0 spiro atoms. The van der Waals surface area contributed by atoms with E-state index in [1.54, 1.807) is 12.1 Å². The van der Waals surface area contributed by atoms with E-state index < -0.39 is 5.97 Å². The summed E-state index contributed by atoms with van der Waals surface area (Å²) in [4.78, 5) is 11.5. The number of benzene rings is 3. The molecule has 0 aliphatic carbocycles. The van der Waals surface area contributed by atoms with Crippen molar-refractivity contribution < 1.29 is 9.90 Å². The predicted molar refractivity (Wildman–Crippen MR) is 94.4 cm³/mol. The number of rotatable bonds is 5. The van der Waals surface area contributed by atoms with E-state index in [1.165, 1.54) is 10.0 Å². The molecule has 2 nitrogen and oxygen atoms in total. The van der Waals surface area contributed by atoms with Gasteiger partial charge in [-0.25, -0.2) is 0 Å². The topological polar surface area (TPSA) is 37.3 Å². The van der Waals surface area contributed by atoms with Crippen LogP contribution >= 0.6 is 0 Å². The maximum atomic E-state index is 11.5. The summed E-state index contributed by atoms with van der Waals surface area (Å²) < 4.78 is 1.23. The standard InChI is InChI=1S/C20H16O2Se/c21-20(22)18-12-5-4-10-16(18)17-11-6-7-13-19(17)23-14-15-8-2-1-3-9-15/h1-13H,14H2,(H,21,22). The minimum absolute atomic E-state index is 0.254. The van der Waals surface area contributed by atoms with Crippen molar-refractivity contribution in [3.05, 3.63) is 90.0 Å². The number of hydrogen-bond donors (Lipinski definition) is 1. The van der Waals surface area contributed by atoms with E-state index >= 15 is 0 Å². The van der Waals surface area contributed by atoms with E-state index in [2.05, 4.69) is 30.3 Å². The van der Waals surface area contributed by atoms with Crippen LogP contribution in [0.5, 0.6) is 0 Å². The predicted octanol–water partition coefficient (Wildman–Crippen LogP) is 3.58. The summed E-state index contributed by atoms with van der Waals surface area (Å²) >= 11 is 0.254. The van der Waals surface area contributed by atoms with Crippen LogP contribution in [0.15, 0.2) is 78.9 Å². The Labute approximate surface area is 142 Å². The van der Waals surface area contributed by atoms with Gasteiger partial charge in [0.05, 0.1) is 0 Å². The third kappa shape index (κ3) is 3.70. The molecule has 0 saturated carbocycles. The molecule has 0 heterocycles. The molecule has 23 heavy (non-hydrogen) atoms. The van der Waals surface area contributed by atoms with Gasteiger partial charge in [0.25, 0.3) is 0 Å². The van der Waals surface area contributed by atoms with Crippen LogP contribution in [0, 0.1) is 0 Å². The first-order valence-electron chi connectivity index (χ1n) is 7.34. The SMILES string of the molecule is O=C(O)c1ccccc1-c1ccccc1[Se]Cc1ccccc1. The average Bonchev–Trinajstić information content (AvgIpc) is 2.61. The Morgan fingerprint density at radius 2 is 1.39 bits per heavy atom. The number of carboxylic acids is 1. The van der Waals surface area contributed by atoms with Gasteiger partial charge in [0.15, 0.2) is 0 Å². The maximum absolute atomic E-state index is 11.5. The van der Waals surface area contributed by atoms with Crippen molar-refractivity contribution in [2.45, 2.75) is 5.32 Å². The zero-order chi connectivity index (χ0) is 16.1. The van der Waals surface area contributed by atoms with Gasteiger partial charge in [0, 0.05) is 0 Å². The second-order valence-electron chi connectivity index (χ2n) is 5.12. The molecule has 114 valence electrons. The molecule has 0 aliphatic rings. The van der Waals surface area contributed by atoms with E-state index in [0.29, 0.717) is 5.56 Å². The van der Waals surface area contributed by atoms with Crippen LogP contribution in [0.3, 0.4) is 0 Å². The Kier molecular flexibility index (Phi) is 4.92. The van der Waals surface area contributed by atoms with Crippen molar-refractivity contribution in [3.63, 3.8) is 0 Å². The van der Waals surface area contributed by atoms with E-state index in [0.717, 1.165) is 16.4 Å². The number of carbonyl (C=O) groups is 1. The van der Waals surface area contributed by atoms with Gasteiger partial charge >= 0.3 is 142 Å². The summed E-state index contributed by atoms with van der Waals surface area (Å²) in [6, 6.07) is 25.7. The van der Waals surface area contributed by atoms with Gasteiger partial charge < -0.3 is 0 Å². The van der Waals surface area contributed by atoms with Crippen molar-refractivity contribution in [1.82, 2.24) is 0 Å². The van der Waals surface area contributed by atoms with Crippen molar-refractivity contribution in [2.24, 2.45) is 0 Å². The van der Waals surface area contributed by atoms with Crippen LogP contribution in [0.2, 0.25) is 0 Å². The van der Waals surface area contributed by atoms with Crippen LogP contribution in [0.25, 0.3) is 11.1 Å². The molecule has 3 heteroatoms. The third-order valence-corrected chi connectivity index (χ3v) is 5.97. The van der Waals surface area contributed by atoms with Gasteiger partial charge in [-0.05, 0) is 0 Å². The third-order valence-electron chi connectivity index (χ3n) is 3.57. The normalized spacial score (nSPS) is 10.4. The van der Waals surface area contributed by atoms with Gasteiger partial charge in [-0.2, -0.15) is 0 Å². The van der Waals surface area contributed by atoms with E-state index in [-0.39, 0.29) is 15.0 Å². The molecular weight excluding hydrogens is 351 g/mol. The number of hydrogen-bond acceptors (Lipinski definition) is 1. The number of aromatic carboxylic acids is 1. The van der Waals surface area contributed by atoms with Crippen molar-refractivity contribution >= 4 is 25.4 Å². The molecular formula is C20H16O2Se. The Morgan fingerprint density at radius 3 is 2.13 bits per heavy atom. The van der Waals surface area contributed by atoms with Crippen LogP contribution < -0.4 is 4.46 Å². The molecule has 0 atom stereocenters. The number of carboxylic acid groups (broad SMARTS) is 1. The molecule has 3 rings (SSSR count). The Bertz CT molecular complexity index is 813. The van der Waals surface area contributed by atoms with Gasteiger partial charge in [-0.1, -0.05) is 0 Å². The van der Waals surface area contributed by atoms with Crippen LogP contribution in [0.1, 0.15) is 15.9 Å². The van der Waals surface area contributed by atoms with Crippen LogP contribution in [-0.4, -0.2) is 26.0 Å². The molecule has 0 radical (unpaired) electrons. The van der Waals surface area contributed by atoms with Crippen molar-refractivity contribution in [2.75, 3.05) is 0 Å². The summed E-state index contributed by atoms with van der Waals surface area (Å²) in [5, 5.41) is 10.4.